The number of fused-ring (bicyclic) bond motifs is 3. The van der Waals surface area contributed by atoms with E-state index in [9.17, 15) is 13.5 Å². The molecule has 1 saturated carbocycles. The molecular formula is C18H26N2O4S. The van der Waals surface area contributed by atoms with Crippen LogP contribution in [0, 0.1) is 0 Å². The predicted octanol–water partition coefficient (Wildman–Crippen LogP) is 1.07. The lowest BCUT2D eigenvalue weighted by Crippen LogP contribution is -2.69. The SMILES string of the molecule is O=S(=O)(c1ccccc1)N1C2CCC(O)(CC2)C1CN1CCOCC1. The summed E-state index contributed by atoms with van der Waals surface area (Å²) in [4.78, 5) is 2.54. The molecule has 4 aliphatic rings. The second kappa shape index (κ2) is 6.63. The Morgan fingerprint density at radius 1 is 1.12 bits per heavy atom. The highest BCUT2D eigenvalue weighted by Crippen LogP contribution is 2.45. The van der Waals surface area contributed by atoms with Crippen LogP contribution in [0.1, 0.15) is 25.7 Å². The second-order valence-corrected chi connectivity index (χ2v) is 9.25. The Bertz CT molecular complexity index is 695. The van der Waals surface area contributed by atoms with E-state index < -0.39 is 15.6 Å². The summed E-state index contributed by atoms with van der Waals surface area (Å²) in [5.74, 6) is 0. The zero-order valence-corrected chi connectivity index (χ0v) is 15.2. The van der Waals surface area contributed by atoms with E-state index in [0.29, 0.717) is 37.5 Å². The molecule has 5 rings (SSSR count). The van der Waals surface area contributed by atoms with E-state index in [2.05, 4.69) is 4.90 Å². The van der Waals surface area contributed by atoms with Crippen molar-refractivity contribution in [3.63, 3.8) is 0 Å². The van der Waals surface area contributed by atoms with E-state index in [-0.39, 0.29) is 12.1 Å². The zero-order valence-electron chi connectivity index (χ0n) is 14.4. The molecule has 138 valence electrons. The van der Waals surface area contributed by atoms with Crippen molar-refractivity contribution in [3.05, 3.63) is 30.3 Å². The van der Waals surface area contributed by atoms with Gasteiger partial charge in [-0.15, -0.1) is 0 Å². The van der Waals surface area contributed by atoms with E-state index in [4.69, 9.17) is 4.74 Å². The Balaban J connectivity index is 1.67. The topological polar surface area (TPSA) is 70.1 Å². The van der Waals surface area contributed by atoms with Crippen LogP contribution in [0.4, 0.5) is 0 Å². The minimum absolute atomic E-state index is 0.00901. The number of ether oxygens (including phenoxy) is 1. The molecule has 1 unspecified atom stereocenters. The van der Waals surface area contributed by atoms with Gasteiger partial charge in [0.1, 0.15) is 0 Å². The van der Waals surface area contributed by atoms with Crippen LogP contribution in [0.15, 0.2) is 35.2 Å². The Morgan fingerprint density at radius 2 is 1.76 bits per heavy atom. The van der Waals surface area contributed by atoms with Gasteiger partial charge in [-0.2, -0.15) is 4.31 Å². The maximum Gasteiger partial charge on any atom is 0.243 e. The van der Waals surface area contributed by atoms with Gasteiger partial charge >= 0.3 is 0 Å². The number of morpholine rings is 1. The Kier molecular flexibility index (Phi) is 4.62. The highest BCUT2D eigenvalue weighted by molar-refractivity contribution is 7.89. The summed E-state index contributed by atoms with van der Waals surface area (Å²) in [6.45, 7) is 3.48. The molecule has 1 aromatic carbocycles. The number of sulfonamides is 1. The van der Waals surface area contributed by atoms with Gasteiger partial charge in [-0.3, -0.25) is 4.90 Å². The largest absolute Gasteiger partial charge is 0.388 e. The minimum atomic E-state index is -3.62. The molecule has 3 saturated heterocycles. The van der Waals surface area contributed by atoms with Crippen LogP contribution in [0.25, 0.3) is 0 Å². The lowest BCUT2D eigenvalue weighted by molar-refractivity contribution is -0.124. The number of piperidine rings is 2. The van der Waals surface area contributed by atoms with E-state index >= 15 is 0 Å². The molecule has 4 fully saturated rings. The van der Waals surface area contributed by atoms with E-state index in [1.807, 2.05) is 6.07 Å². The standard InChI is InChI=1S/C18H26N2O4S/c21-18-8-6-15(7-9-18)20(17(18)14-19-10-12-24-13-11-19)25(22,23)16-4-2-1-3-5-16/h1-5,15,17,21H,6-14H2. The monoisotopic (exact) mass is 366 g/mol. The van der Waals surface area contributed by atoms with Crippen molar-refractivity contribution >= 4 is 10.0 Å². The summed E-state index contributed by atoms with van der Waals surface area (Å²) >= 11 is 0. The third-order valence-electron chi connectivity index (χ3n) is 5.96. The minimum Gasteiger partial charge on any atom is -0.388 e. The molecule has 3 aliphatic heterocycles. The van der Waals surface area contributed by atoms with Gasteiger partial charge in [-0.05, 0) is 37.8 Å². The molecule has 3 heterocycles. The van der Waals surface area contributed by atoms with Gasteiger partial charge in [-0.25, -0.2) is 8.42 Å². The van der Waals surface area contributed by atoms with E-state index in [0.717, 1.165) is 25.9 Å². The lowest BCUT2D eigenvalue weighted by Gasteiger charge is -2.56. The van der Waals surface area contributed by atoms with Crippen LogP contribution < -0.4 is 0 Å². The average Bonchev–Trinajstić information content (AvgIpc) is 2.64. The summed E-state index contributed by atoms with van der Waals surface area (Å²) < 4.78 is 33.7. The third-order valence-corrected chi connectivity index (χ3v) is 7.94. The Morgan fingerprint density at radius 3 is 2.40 bits per heavy atom. The summed E-state index contributed by atoms with van der Waals surface area (Å²) in [6.07, 6.45) is 2.85. The molecule has 1 aliphatic carbocycles. The van der Waals surface area contributed by atoms with Crippen LogP contribution in [-0.4, -0.2) is 73.3 Å². The van der Waals surface area contributed by atoms with Crippen molar-refractivity contribution in [3.8, 4) is 0 Å². The molecule has 25 heavy (non-hydrogen) atoms. The Hall–Kier alpha value is -0.990. The van der Waals surface area contributed by atoms with Crippen LogP contribution in [0.3, 0.4) is 0 Å². The van der Waals surface area contributed by atoms with Crippen LogP contribution >= 0.6 is 0 Å². The van der Waals surface area contributed by atoms with Crippen LogP contribution in [0.2, 0.25) is 0 Å². The van der Waals surface area contributed by atoms with Crippen molar-refractivity contribution < 1.29 is 18.3 Å². The molecule has 1 aromatic rings. The second-order valence-electron chi connectivity index (χ2n) is 7.41. The van der Waals surface area contributed by atoms with Gasteiger partial charge in [0.15, 0.2) is 0 Å². The molecule has 0 radical (unpaired) electrons. The summed E-state index contributed by atoms with van der Waals surface area (Å²) in [7, 11) is -3.62. The number of rotatable bonds is 4. The quantitative estimate of drug-likeness (QED) is 0.863. The van der Waals surface area contributed by atoms with E-state index in [1.165, 1.54) is 0 Å². The average molecular weight is 366 g/mol. The highest BCUT2D eigenvalue weighted by Gasteiger charge is 2.55. The summed E-state index contributed by atoms with van der Waals surface area (Å²) in [6, 6.07) is 8.22. The zero-order chi connectivity index (χ0) is 17.5. The Labute approximate surface area is 149 Å². The molecule has 0 spiro atoms. The molecule has 6 nitrogen and oxygen atoms in total. The fourth-order valence-electron chi connectivity index (χ4n) is 4.54. The number of hydrogen-bond donors (Lipinski definition) is 1. The smallest absolute Gasteiger partial charge is 0.243 e. The molecule has 7 heteroatoms. The fourth-order valence-corrected chi connectivity index (χ4v) is 6.48. The van der Waals surface area contributed by atoms with Crippen molar-refractivity contribution in [1.29, 1.82) is 0 Å². The van der Waals surface area contributed by atoms with Gasteiger partial charge in [-0.1, -0.05) is 18.2 Å². The molecule has 1 atom stereocenters. The van der Waals surface area contributed by atoms with E-state index in [1.54, 1.807) is 28.6 Å². The molecule has 1 N–H and O–H groups in total. The van der Waals surface area contributed by atoms with Crippen molar-refractivity contribution in [2.75, 3.05) is 32.8 Å². The van der Waals surface area contributed by atoms with Gasteiger partial charge in [0, 0.05) is 25.7 Å². The maximum atomic E-state index is 13.3. The molecular weight excluding hydrogens is 340 g/mol. The number of nitrogens with zero attached hydrogens (tertiary/aromatic N) is 2. The maximum absolute atomic E-state index is 13.3. The molecule has 2 bridgehead atoms. The highest BCUT2D eigenvalue weighted by atomic mass is 32.2. The normalized spacial score (nSPS) is 34.3. The van der Waals surface area contributed by atoms with Gasteiger partial charge < -0.3 is 9.84 Å². The predicted molar refractivity (Wildman–Crippen MR) is 93.7 cm³/mol. The van der Waals surface area contributed by atoms with Gasteiger partial charge in [0.05, 0.1) is 29.8 Å². The summed E-state index contributed by atoms with van der Waals surface area (Å²) in [5.41, 5.74) is -0.922. The molecule has 0 aromatic heterocycles. The van der Waals surface area contributed by atoms with Crippen LogP contribution in [-0.2, 0) is 14.8 Å². The first-order valence-corrected chi connectivity index (χ1v) is 10.6. The first kappa shape index (κ1) is 17.4. The fraction of sp³-hybridized carbons (Fsp3) is 0.667. The summed E-state index contributed by atoms with van der Waals surface area (Å²) in [5, 5.41) is 11.2. The molecule has 0 amide bonds. The number of hydrogen-bond acceptors (Lipinski definition) is 5. The first-order chi connectivity index (χ1) is 12.0. The third kappa shape index (κ3) is 3.13. The van der Waals surface area contributed by atoms with Crippen molar-refractivity contribution in [2.24, 2.45) is 0 Å². The van der Waals surface area contributed by atoms with Crippen LogP contribution in [0.5, 0.6) is 0 Å². The van der Waals surface area contributed by atoms with Gasteiger partial charge in [0.25, 0.3) is 0 Å². The van der Waals surface area contributed by atoms with Crippen molar-refractivity contribution in [2.45, 2.75) is 48.3 Å². The van der Waals surface area contributed by atoms with Gasteiger partial charge in [0.2, 0.25) is 10.0 Å². The lowest BCUT2D eigenvalue weighted by atomic mass is 9.72. The van der Waals surface area contributed by atoms with Crippen molar-refractivity contribution in [1.82, 2.24) is 9.21 Å². The number of aliphatic hydroxyl groups is 1. The number of benzene rings is 1. The first-order valence-electron chi connectivity index (χ1n) is 9.12.